The molecule has 15 heteroatoms. The molecule has 1 atom stereocenters. The van der Waals surface area contributed by atoms with E-state index in [0.29, 0.717) is 28.4 Å². The number of rotatable bonds is 10. The lowest BCUT2D eigenvalue weighted by molar-refractivity contribution is -0.120. The summed E-state index contributed by atoms with van der Waals surface area (Å²) in [5, 5.41) is 3.04. The number of carbonyl (C=O) groups excluding carboxylic acids is 3. The Hall–Kier alpha value is -3.84. The summed E-state index contributed by atoms with van der Waals surface area (Å²) >= 11 is 12.7. The zero-order valence-corrected chi connectivity index (χ0v) is 22.4. The van der Waals surface area contributed by atoms with Crippen molar-refractivity contribution in [3.05, 3.63) is 40.4 Å². The van der Waals surface area contributed by atoms with Gasteiger partial charge in [0.25, 0.3) is 5.88 Å². The van der Waals surface area contributed by atoms with E-state index in [0.717, 1.165) is 0 Å². The van der Waals surface area contributed by atoms with Crippen molar-refractivity contribution < 1.29 is 28.6 Å². The van der Waals surface area contributed by atoms with Gasteiger partial charge >= 0.3 is 12.2 Å². The Morgan fingerprint density at radius 3 is 2.53 bits per heavy atom. The molecule has 0 aliphatic carbocycles. The molecule has 0 radical (unpaired) electrons. The molecule has 38 heavy (non-hydrogen) atoms. The summed E-state index contributed by atoms with van der Waals surface area (Å²) in [6, 6.07) is 2.31. The van der Waals surface area contributed by atoms with Gasteiger partial charge < -0.3 is 35.6 Å². The number of primary amides is 2. The number of hydrogen-bond acceptors (Lipinski definition) is 9. The minimum absolute atomic E-state index is 0.0843. The van der Waals surface area contributed by atoms with Crippen LogP contribution in [0.25, 0.3) is 11.2 Å². The van der Waals surface area contributed by atoms with Crippen LogP contribution < -0.4 is 26.3 Å². The lowest BCUT2D eigenvalue weighted by Gasteiger charge is -2.22. The number of imidazole rings is 1. The normalized spacial score (nSPS) is 12.1. The van der Waals surface area contributed by atoms with Crippen LogP contribution in [0.15, 0.2) is 24.8 Å². The number of fused-ring (bicyclic) bond motifs is 1. The number of nitrogens with two attached hydrogens (primary N) is 2. The third-order valence-corrected chi connectivity index (χ3v) is 5.82. The molecule has 0 saturated heterocycles. The lowest BCUT2D eigenvalue weighted by Crippen LogP contribution is -2.46. The number of nitrogens with one attached hydrogen (secondary N) is 1. The average molecular weight is 568 g/mol. The Labute approximate surface area is 227 Å². The van der Waals surface area contributed by atoms with E-state index >= 15 is 0 Å². The summed E-state index contributed by atoms with van der Waals surface area (Å²) < 4.78 is 17.6. The zero-order valence-electron chi connectivity index (χ0n) is 20.9. The number of carbonyl (C=O) groups is 3. The second-order valence-corrected chi connectivity index (χ2v) is 9.86. The van der Waals surface area contributed by atoms with E-state index in [2.05, 4.69) is 20.3 Å². The molecule has 5 N–H and O–H groups in total. The van der Waals surface area contributed by atoms with Gasteiger partial charge in [0.05, 0.1) is 29.5 Å². The molecule has 0 unspecified atom stereocenters. The third kappa shape index (κ3) is 7.59. The second kappa shape index (κ2) is 12.1. The first kappa shape index (κ1) is 28.7. The predicted octanol–water partition coefficient (Wildman–Crippen LogP) is 3.18. The Bertz CT molecular complexity index is 1340. The summed E-state index contributed by atoms with van der Waals surface area (Å²) in [6.07, 6.45) is 1.49. The van der Waals surface area contributed by atoms with Gasteiger partial charge in [-0.25, -0.2) is 19.6 Å². The summed E-state index contributed by atoms with van der Waals surface area (Å²) in [5.41, 5.74) is 10.9. The number of benzene rings is 1. The van der Waals surface area contributed by atoms with Crippen molar-refractivity contribution >= 4 is 52.5 Å². The predicted molar refractivity (Wildman–Crippen MR) is 138 cm³/mol. The van der Waals surface area contributed by atoms with E-state index in [1.807, 2.05) is 0 Å². The first-order valence-corrected chi connectivity index (χ1v) is 12.1. The minimum atomic E-state index is -1.03. The van der Waals surface area contributed by atoms with Crippen molar-refractivity contribution in [2.24, 2.45) is 11.5 Å². The van der Waals surface area contributed by atoms with Gasteiger partial charge in [-0.2, -0.15) is 4.98 Å². The van der Waals surface area contributed by atoms with Crippen LogP contribution in [0, 0.1) is 0 Å². The number of hydrogen-bond donors (Lipinski definition) is 3. The molecule has 3 aromatic rings. The van der Waals surface area contributed by atoms with Crippen molar-refractivity contribution in [2.75, 3.05) is 6.61 Å². The third-order valence-electron chi connectivity index (χ3n) is 4.98. The number of amides is 3. The van der Waals surface area contributed by atoms with E-state index in [-0.39, 0.29) is 36.0 Å². The molecule has 0 aliphatic rings. The van der Waals surface area contributed by atoms with E-state index < -0.39 is 29.7 Å². The maximum Gasteiger partial charge on any atom is 0.411 e. The van der Waals surface area contributed by atoms with Crippen LogP contribution in [0.2, 0.25) is 10.0 Å². The standard InChI is InChI=1S/C23H27Cl2N7O6/c1-23(2,3)38-22(35)31-14(18(26)33)5-4-8-36-15-7-6-13(24)16(25)12(15)9-32-11-30-17-19(32)28-10-29-20(17)37-21(27)34/h6-7,10-11,14H,4-5,8-9H2,1-3H3,(H2,26,33)(H2,27,34)(H,31,35)/t14-/m1/s1. The molecule has 0 aliphatic heterocycles. The first-order chi connectivity index (χ1) is 17.9. The monoisotopic (exact) mass is 567 g/mol. The van der Waals surface area contributed by atoms with E-state index in [4.69, 9.17) is 48.9 Å². The van der Waals surface area contributed by atoms with E-state index in [9.17, 15) is 14.4 Å². The van der Waals surface area contributed by atoms with Crippen LogP contribution in [0.1, 0.15) is 39.2 Å². The second-order valence-electron chi connectivity index (χ2n) is 9.07. The largest absolute Gasteiger partial charge is 0.493 e. The maximum atomic E-state index is 12.0. The van der Waals surface area contributed by atoms with Gasteiger partial charge in [-0.3, -0.25) is 4.79 Å². The van der Waals surface area contributed by atoms with Crippen LogP contribution in [0.4, 0.5) is 9.59 Å². The highest BCUT2D eigenvalue weighted by Crippen LogP contribution is 2.34. The van der Waals surface area contributed by atoms with Gasteiger partial charge in [0.1, 0.15) is 23.7 Å². The number of nitrogens with zero attached hydrogens (tertiary/aromatic N) is 4. The Balaban J connectivity index is 1.71. The molecule has 2 aromatic heterocycles. The molecular formula is C23H27Cl2N7O6. The highest BCUT2D eigenvalue weighted by Gasteiger charge is 2.23. The van der Waals surface area contributed by atoms with Gasteiger partial charge in [-0.15, -0.1) is 0 Å². The number of halogens is 2. The molecule has 0 fully saturated rings. The van der Waals surface area contributed by atoms with Gasteiger partial charge in [-0.1, -0.05) is 23.2 Å². The SMILES string of the molecule is CC(C)(C)OC(=O)N[C@H](CCCOc1ccc(Cl)c(Cl)c1Cn1cnc2c(OC(N)=O)ncnc21)C(N)=O. The van der Waals surface area contributed by atoms with Crippen molar-refractivity contribution in [2.45, 2.75) is 51.8 Å². The van der Waals surface area contributed by atoms with Crippen LogP contribution in [0.5, 0.6) is 11.6 Å². The summed E-state index contributed by atoms with van der Waals surface area (Å²) in [6.45, 7) is 5.46. The molecule has 13 nitrogen and oxygen atoms in total. The highest BCUT2D eigenvalue weighted by atomic mass is 35.5. The fourth-order valence-corrected chi connectivity index (χ4v) is 3.77. The summed E-state index contributed by atoms with van der Waals surface area (Å²) in [4.78, 5) is 47.2. The lowest BCUT2D eigenvalue weighted by atomic mass is 10.1. The Morgan fingerprint density at radius 1 is 1.13 bits per heavy atom. The van der Waals surface area contributed by atoms with Crippen LogP contribution >= 0.6 is 23.2 Å². The smallest absolute Gasteiger partial charge is 0.411 e. The van der Waals surface area contributed by atoms with Gasteiger partial charge in [0.15, 0.2) is 11.2 Å². The van der Waals surface area contributed by atoms with E-state index in [1.54, 1.807) is 37.5 Å². The maximum absolute atomic E-state index is 12.0. The Kier molecular flexibility index (Phi) is 9.17. The van der Waals surface area contributed by atoms with Crippen molar-refractivity contribution in [1.29, 1.82) is 0 Å². The number of ether oxygens (including phenoxy) is 3. The molecule has 0 bridgehead atoms. The molecule has 3 amide bonds. The minimum Gasteiger partial charge on any atom is -0.493 e. The molecular weight excluding hydrogens is 541 g/mol. The first-order valence-electron chi connectivity index (χ1n) is 11.4. The van der Waals surface area contributed by atoms with E-state index in [1.165, 1.54) is 12.7 Å². The van der Waals surface area contributed by atoms with Gasteiger partial charge in [-0.05, 0) is 45.7 Å². The fourth-order valence-electron chi connectivity index (χ4n) is 3.38. The number of aromatic nitrogens is 4. The summed E-state index contributed by atoms with van der Waals surface area (Å²) in [5.74, 6) is -0.349. The van der Waals surface area contributed by atoms with Crippen LogP contribution in [-0.4, -0.2) is 55.9 Å². The van der Waals surface area contributed by atoms with Gasteiger partial charge in [0, 0.05) is 5.56 Å². The Morgan fingerprint density at radius 2 is 1.87 bits per heavy atom. The topological polar surface area (TPSA) is 187 Å². The van der Waals surface area contributed by atoms with Crippen LogP contribution in [0.3, 0.4) is 0 Å². The molecule has 1 aromatic carbocycles. The quantitative estimate of drug-likeness (QED) is 0.309. The zero-order chi connectivity index (χ0) is 28.0. The fraction of sp³-hybridized carbons (Fsp3) is 0.391. The average Bonchev–Trinajstić information content (AvgIpc) is 3.22. The molecule has 0 saturated carbocycles. The summed E-state index contributed by atoms with van der Waals surface area (Å²) in [7, 11) is 0. The molecule has 204 valence electrons. The molecule has 3 rings (SSSR count). The van der Waals surface area contributed by atoms with Crippen molar-refractivity contribution in [3.8, 4) is 11.6 Å². The van der Waals surface area contributed by atoms with Crippen LogP contribution in [-0.2, 0) is 16.1 Å². The number of alkyl carbamates (subject to hydrolysis) is 1. The highest BCUT2D eigenvalue weighted by molar-refractivity contribution is 6.42. The van der Waals surface area contributed by atoms with Gasteiger partial charge in [0.2, 0.25) is 5.91 Å². The van der Waals surface area contributed by atoms with Crippen molar-refractivity contribution in [1.82, 2.24) is 24.8 Å². The van der Waals surface area contributed by atoms with Crippen molar-refractivity contribution in [3.63, 3.8) is 0 Å². The molecule has 0 spiro atoms. The molecule has 2 heterocycles.